The van der Waals surface area contributed by atoms with Crippen LogP contribution < -0.4 is 0 Å². The van der Waals surface area contributed by atoms with E-state index < -0.39 is 223 Å². The molecule has 5 fully saturated rings. The van der Waals surface area contributed by atoms with E-state index in [0.717, 1.165) is 0 Å². The zero-order valence-corrected chi connectivity index (χ0v) is 38.5. The molecule has 0 aromatic carbocycles. The summed E-state index contributed by atoms with van der Waals surface area (Å²) in [7, 11) is 0. The van der Waals surface area contributed by atoms with E-state index in [1.807, 2.05) is 0 Å². The van der Waals surface area contributed by atoms with Crippen molar-refractivity contribution < 1.29 is 145 Å². The van der Waals surface area contributed by atoms with Crippen molar-refractivity contribution in [3.63, 3.8) is 0 Å². The Balaban J connectivity index is 1.22. The maximum absolute atomic E-state index is 11.3. The molecular formula is C41H74O29. The Bertz CT molecular complexity index is 1540. The fraction of sp³-hybridized carbons (Fsp3) is 1.00. The van der Waals surface area contributed by atoms with Crippen molar-refractivity contribution >= 4 is 0 Å². The number of ether oxygens (including phenoxy) is 9. The second-order valence-electron chi connectivity index (χ2n) is 19.6. The lowest BCUT2D eigenvalue weighted by atomic mass is 9.81. The minimum Gasteiger partial charge on any atom is -0.396 e. The summed E-state index contributed by atoms with van der Waals surface area (Å²) in [4.78, 5) is 0. The Kier molecular flexibility index (Phi) is 21.8. The van der Waals surface area contributed by atoms with Crippen LogP contribution in [0.15, 0.2) is 0 Å². The van der Waals surface area contributed by atoms with Crippen molar-refractivity contribution in [2.45, 2.75) is 205 Å². The van der Waals surface area contributed by atoms with Crippen LogP contribution in [0.2, 0.25) is 0 Å². The molecule has 0 spiro atoms. The molecule has 0 amide bonds. The molecule has 4 aliphatic heterocycles. The van der Waals surface area contributed by atoms with Gasteiger partial charge < -0.3 is 145 Å². The number of hydrogen-bond donors (Lipinski definition) is 20. The Labute approximate surface area is 400 Å². The quantitative estimate of drug-likeness (QED) is 0.0538. The first kappa shape index (κ1) is 59.7. The molecule has 0 bridgehead atoms. The highest BCUT2D eigenvalue weighted by molar-refractivity contribution is 5.00. The molecule has 29 atom stereocenters. The van der Waals surface area contributed by atoms with Crippen LogP contribution in [0.1, 0.15) is 33.6 Å². The van der Waals surface area contributed by atoms with Gasteiger partial charge in [-0.15, -0.1) is 0 Å². The average Bonchev–Trinajstić information content (AvgIpc) is 3.32. The molecule has 1 aliphatic carbocycles. The summed E-state index contributed by atoms with van der Waals surface area (Å²) >= 11 is 0. The summed E-state index contributed by atoms with van der Waals surface area (Å²) in [5.41, 5.74) is -0.521. The number of aliphatic hydroxyl groups excluding tert-OH is 20. The molecular weight excluding hydrogens is 956 g/mol. The highest BCUT2D eigenvalue weighted by atomic mass is 16.8. The number of aliphatic hydroxyl groups is 20. The zero-order valence-electron chi connectivity index (χ0n) is 38.5. The summed E-state index contributed by atoms with van der Waals surface area (Å²) < 4.78 is 50.8. The van der Waals surface area contributed by atoms with Crippen LogP contribution in [0.3, 0.4) is 0 Å². The van der Waals surface area contributed by atoms with Gasteiger partial charge in [-0.1, -0.05) is 20.8 Å². The predicted molar refractivity (Wildman–Crippen MR) is 222 cm³/mol. The van der Waals surface area contributed by atoms with Crippen molar-refractivity contribution in [1.29, 1.82) is 0 Å². The van der Waals surface area contributed by atoms with Crippen LogP contribution in [-0.4, -0.2) is 313 Å². The highest BCUT2D eigenvalue weighted by Crippen LogP contribution is 2.37. The van der Waals surface area contributed by atoms with Gasteiger partial charge in [-0.05, 0) is 18.3 Å². The molecule has 4 saturated heterocycles. The lowest BCUT2D eigenvalue weighted by Crippen LogP contribution is -2.68. The molecule has 4 heterocycles. The van der Waals surface area contributed by atoms with E-state index >= 15 is 0 Å². The first-order valence-electron chi connectivity index (χ1n) is 22.9. The van der Waals surface area contributed by atoms with Crippen LogP contribution >= 0.6 is 0 Å². The predicted octanol–water partition coefficient (Wildman–Crippen LogP) is -11.4. The monoisotopic (exact) mass is 1030 g/mol. The summed E-state index contributed by atoms with van der Waals surface area (Å²) in [6, 6.07) is 0. The van der Waals surface area contributed by atoms with E-state index in [1.54, 1.807) is 20.8 Å². The molecule has 5 rings (SSSR count). The normalized spacial score (nSPS) is 47.1. The first-order chi connectivity index (χ1) is 32.9. The van der Waals surface area contributed by atoms with Gasteiger partial charge in [0.2, 0.25) is 0 Å². The van der Waals surface area contributed by atoms with E-state index in [-0.39, 0.29) is 12.8 Å². The van der Waals surface area contributed by atoms with E-state index in [4.69, 9.17) is 42.6 Å². The second-order valence-corrected chi connectivity index (χ2v) is 19.6. The van der Waals surface area contributed by atoms with Crippen molar-refractivity contribution in [3.05, 3.63) is 0 Å². The maximum Gasteiger partial charge on any atom is 0.187 e. The van der Waals surface area contributed by atoms with Crippen molar-refractivity contribution in [2.75, 3.05) is 39.6 Å². The van der Waals surface area contributed by atoms with Gasteiger partial charge in [0.25, 0.3) is 0 Å². The maximum atomic E-state index is 11.3. The third-order valence-corrected chi connectivity index (χ3v) is 13.2. The zero-order chi connectivity index (χ0) is 52.3. The fourth-order valence-corrected chi connectivity index (χ4v) is 9.22. The lowest BCUT2D eigenvalue weighted by Gasteiger charge is -2.49. The topological polar surface area (TPSA) is 488 Å². The van der Waals surface area contributed by atoms with Gasteiger partial charge in [0.05, 0.1) is 51.3 Å². The summed E-state index contributed by atoms with van der Waals surface area (Å²) in [5, 5.41) is 212. The van der Waals surface area contributed by atoms with Crippen molar-refractivity contribution in [1.82, 2.24) is 0 Å². The fourth-order valence-electron chi connectivity index (χ4n) is 9.22. The Morgan fingerprint density at radius 2 is 0.786 bits per heavy atom. The van der Waals surface area contributed by atoms with Crippen molar-refractivity contribution in [3.8, 4) is 0 Å². The van der Waals surface area contributed by atoms with Gasteiger partial charge in [-0.25, -0.2) is 0 Å². The van der Waals surface area contributed by atoms with Gasteiger partial charge in [0.15, 0.2) is 25.2 Å². The SMILES string of the molecule is CC(C)(C)C[C@H](O)[C@@H](O)[C@H](O[C@@H]1O[C@H](CO)[C@@H](O[C@@H]2O[C@H](CO)[C@@H](O[C@@H]3O[C@H](CO)[C@@H](O[C@@H]4O[C@H](CO)[C@@H](O[C@@H]5C[C@H](CO)[C@@H](O)[C@H](O)[C@H]5O)[C@H](O)[C@H]4O)[C@H](O)[C@H]3O)[C@H](O)[C@H]2O)[C@H](O)[C@H]1O)[C@H](O)CO. The van der Waals surface area contributed by atoms with Crippen LogP contribution in [-0.2, 0) is 42.6 Å². The minimum absolute atomic E-state index is 0.00439. The Morgan fingerprint density at radius 3 is 1.13 bits per heavy atom. The highest BCUT2D eigenvalue weighted by Gasteiger charge is 2.57. The molecule has 0 aromatic heterocycles. The van der Waals surface area contributed by atoms with Crippen LogP contribution in [0.25, 0.3) is 0 Å². The summed E-state index contributed by atoms with van der Waals surface area (Å²) in [5.74, 6) is -0.953. The van der Waals surface area contributed by atoms with Crippen molar-refractivity contribution in [2.24, 2.45) is 11.3 Å². The summed E-state index contributed by atoms with van der Waals surface area (Å²) in [6.45, 7) is -0.225. The molecule has 0 radical (unpaired) electrons. The standard InChI is InChI=1S/C41H74O29/c1-41(2,3)5-13(48)21(51)32(14(49)7-43)67-37-29(59)25(55)34(17(9-45)64-37)69-39-31(61)27(57)36(19(11-47)66-39)70-40-30(60)26(56)35(18(10-46)65-40)68-38-28(58)24(54)33(16(8-44)63-38)62-15-4-12(6-42)20(50)23(53)22(15)52/h12-40,42-61H,4-11H2,1-3H3/t12-,13+,14-,15-,16-,17-,18-,19-,20-,21-,22+,23+,24-,25-,26-,27-,28-,29-,30-,31-,32-,33-,34-,35-,36-,37+,38+,39+,40+/m1/s1. The van der Waals surface area contributed by atoms with Gasteiger partial charge in [-0.3, -0.25) is 0 Å². The molecule has 0 aromatic rings. The van der Waals surface area contributed by atoms with Gasteiger partial charge in [0, 0.05) is 12.5 Å². The molecule has 29 heteroatoms. The molecule has 0 unspecified atom stereocenters. The van der Waals surface area contributed by atoms with Crippen LogP contribution in [0.5, 0.6) is 0 Å². The summed E-state index contributed by atoms with van der Waals surface area (Å²) in [6.07, 6.45) is -51.9. The first-order valence-corrected chi connectivity index (χ1v) is 22.9. The van der Waals surface area contributed by atoms with Gasteiger partial charge >= 0.3 is 0 Å². The molecule has 70 heavy (non-hydrogen) atoms. The molecule has 412 valence electrons. The largest absolute Gasteiger partial charge is 0.396 e. The minimum atomic E-state index is -2.16. The van der Waals surface area contributed by atoms with E-state index in [1.165, 1.54) is 0 Å². The smallest absolute Gasteiger partial charge is 0.187 e. The molecule has 29 nitrogen and oxygen atoms in total. The van der Waals surface area contributed by atoms with E-state index in [9.17, 15) is 102 Å². The average molecular weight is 1030 g/mol. The van der Waals surface area contributed by atoms with E-state index in [2.05, 4.69) is 0 Å². The third-order valence-electron chi connectivity index (χ3n) is 13.2. The number of rotatable bonds is 20. The van der Waals surface area contributed by atoms with E-state index in [0.29, 0.717) is 0 Å². The Hall–Kier alpha value is -1.16. The molecule has 5 aliphatic rings. The second kappa shape index (κ2) is 25.6. The van der Waals surface area contributed by atoms with Gasteiger partial charge in [0.1, 0.15) is 128 Å². The third kappa shape index (κ3) is 13.3. The Morgan fingerprint density at radius 1 is 0.429 bits per heavy atom. The molecule has 20 N–H and O–H groups in total. The van der Waals surface area contributed by atoms with Crippen LogP contribution in [0.4, 0.5) is 0 Å². The number of hydrogen-bond acceptors (Lipinski definition) is 29. The lowest BCUT2D eigenvalue weighted by molar-refractivity contribution is -0.391. The molecule has 1 saturated carbocycles. The van der Waals surface area contributed by atoms with Crippen LogP contribution in [0, 0.1) is 11.3 Å². The van der Waals surface area contributed by atoms with Gasteiger partial charge in [-0.2, -0.15) is 0 Å².